The summed E-state index contributed by atoms with van der Waals surface area (Å²) < 4.78 is 14.4. The minimum atomic E-state index is -0.828. The van der Waals surface area contributed by atoms with Crippen molar-refractivity contribution in [1.82, 2.24) is 19.9 Å². The van der Waals surface area contributed by atoms with Gasteiger partial charge in [-0.25, -0.2) is 19.3 Å². The summed E-state index contributed by atoms with van der Waals surface area (Å²) in [6.45, 7) is 1.73. The third-order valence-electron chi connectivity index (χ3n) is 5.32. The maximum Gasteiger partial charge on any atom is 0.309 e. The number of aromatic nitrogens is 4. The highest BCUT2D eigenvalue weighted by atomic mass is 35.5. The van der Waals surface area contributed by atoms with E-state index >= 15 is 0 Å². The number of carboxylic acids is 1. The van der Waals surface area contributed by atoms with E-state index in [1.54, 1.807) is 19.2 Å². The summed E-state index contributed by atoms with van der Waals surface area (Å²) in [5, 5.41) is 13.8. The van der Waals surface area contributed by atoms with Crippen molar-refractivity contribution in [3.63, 3.8) is 0 Å². The molecule has 1 aliphatic rings. The number of H-pyrrole nitrogens is 1. The highest BCUT2D eigenvalue weighted by Crippen LogP contribution is 2.37. The summed E-state index contributed by atoms with van der Waals surface area (Å²) in [7, 11) is 0. The number of halogens is 2. The number of nitrogens with zero attached hydrogens (tertiary/aromatic N) is 3. The number of hydrogen-bond donors (Lipinski definition) is 3. The molecule has 0 bridgehead atoms. The van der Waals surface area contributed by atoms with Crippen LogP contribution in [0.15, 0.2) is 24.7 Å². The number of carboxylic acid groups (broad SMARTS) is 1. The second-order valence-electron chi connectivity index (χ2n) is 7.45. The van der Waals surface area contributed by atoms with Gasteiger partial charge in [-0.2, -0.15) is 0 Å². The van der Waals surface area contributed by atoms with Gasteiger partial charge in [0.25, 0.3) is 0 Å². The number of carbonyl (C=O) groups is 1. The van der Waals surface area contributed by atoms with Crippen LogP contribution in [0, 0.1) is 11.2 Å². The van der Waals surface area contributed by atoms with Gasteiger partial charge in [0.05, 0.1) is 16.6 Å². The van der Waals surface area contributed by atoms with Crippen LogP contribution in [0.4, 0.5) is 10.2 Å². The van der Waals surface area contributed by atoms with Gasteiger partial charge in [0.15, 0.2) is 17.5 Å². The number of pyridine rings is 1. The Morgan fingerprint density at radius 2 is 2.25 bits per heavy atom. The molecule has 4 rings (SSSR count). The van der Waals surface area contributed by atoms with Crippen molar-refractivity contribution in [3.8, 4) is 11.4 Å². The molecule has 3 aromatic rings. The lowest BCUT2D eigenvalue weighted by molar-refractivity contribution is -0.149. The van der Waals surface area contributed by atoms with Crippen LogP contribution in [-0.2, 0) is 4.79 Å². The fourth-order valence-corrected chi connectivity index (χ4v) is 3.92. The summed E-state index contributed by atoms with van der Waals surface area (Å²) in [4.78, 5) is 27.2. The second-order valence-corrected chi connectivity index (χ2v) is 7.88. The molecular formula is C19H19ClFN5O2. The molecule has 1 fully saturated rings. The first-order valence-electron chi connectivity index (χ1n) is 9.01. The van der Waals surface area contributed by atoms with Crippen molar-refractivity contribution in [2.75, 3.05) is 5.32 Å². The lowest BCUT2D eigenvalue weighted by Gasteiger charge is -2.35. The van der Waals surface area contributed by atoms with E-state index in [9.17, 15) is 14.3 Å². The number of hydrogen-bond acceptors (Lipinski definition) is 5. The number of fused-ring (bicyclic) bond motifs is 1. The van der Waals surface area contributed by atoms with E-state index < -0.39 is 17.2 Å². The molecule has 0 aromatic carbocycles. The zero-order valence-corrected chi connectivity index (χ0v) is 15.9. The molecule has 3 aromatic heterocycles. The van der Waals surface area contributed by atoms with Crippen molar-refractivity contribution in [1.29, 1.82) is 0 Å². The molecule has 9 heteroatoms. The van der Waals surface area contributed by atoms with Crippen LogP contribution >= 0.6 is 11.6 Å². The molecule has 28 heavy (non-hydrogen) atoms. The average molecular weight is 404 g/mol. The highest BCUT2D eigenvalue weighted by Gasteiger charge is 2.38. The molecule has 0 unspecified atom stereocenters. The molecule has 0 amide bonds. The standard InChI is InChI=1S/C19H19ClFN5O2/c1-19(18(27)28)4-2-3-11(6-19)25-17-14(21)9-24-16(26-17)13-8-23-15-12(13)5-10(20)7-22-15/h5,7-9,11H,2-4,6H2,1H3,(H,22,23)(H,27,28)(H,24,25,26)/t11-,19+/m1/s1. The first-order valence-corrected chi connectivity index (χ1v) is 9.39. The zero-order valence-electron chi connectivity index (χ0n) is 15.2. The fraction of sp³-hybridized carbons (Fsp3) is 0.368. The molecule has 0 spiro atoms. The topological polar surface area (TPSA) is 104 Å². The Labute approximate surface area is 165 Å². The smallest absolute Gasteiger partial charge is 0.309 e. The monoisotopic (exact) mass is 403 g/mol. The molecule has 1 aliphatic carbocycles. The zero-order chi connectivity index (χ0) is 19.9. The molecule has 0 radical (unpaired) electrons. The Morgan fingerprint density at radius 1 is 1.43 bits per heavy atom. The minimum absolute atomic E-state index is 0.0639. The van der Waals surface area contributed by atoms with E-state index in [2.05, 4.69) is 25.3 Å². The van der Waals surface area contributed by atoms with Gasteiger partial charge in [-0.1, -0.05) is 18.0 Å². The average Bonchev–Trinajstić information content (AvgIpc) is 3.06. The molecule has 0 saturated heterocycles. The van der Waals surface area contributed by atoms with Crippen LogP contribution in [0.3, 0.4) is 0 Å². The first-order chi connectivity index (χ1) is 13.4. The molecule has 3 N–H and O–H groups in total. The molecule has 7 nitrogen and oxygen atoms in total. The van der Waals surface area contributed by atoms with Gasteiger partial charge in [-0.15, -0.1) is 0 Å². The summed E-state index contributed by atoms with van der Waals surface area (Å²) in [6.07, 6.45) is 6.88. The van der Waals surface area contributed by atoms with Gasteiger partial charge in [-0.3, -0.25) is 4.79 Å². The Morgan fingerprint density at radius 3 is 3.04 bits per heavy atom. The van der Waals surface area contributed by atoms with E-state index in [-0.39, 0.29) is 11.9 Å². The highest BCUT2D eigenvalue weighted by molar-refractivity contribution is 6.31. The SMILES string of the molecule is C[C@]1(C(=O)O)CCC[C@@H](Nc2nc(-c3c[nH]c4ncc(Cl)cc34)ncc2F)C1. The third kappa shape index (κ3) is 3.40. The van der Waals surface area contributed by atoms with Crippen LogP contribution in [0.25, 0.3) is 22.4 Å². The van der Waals surface area contributed by atoms with Gasteiger partial charge in [0, 0.05) is 29.4 Å². The van der Waals surface area contributed by atoms with Crippen LogP contribution < -0.4 is 5.32 Å². The van der Waals surface area contributed by atoms with E-state index in [0.29, 0.717) is 34.9 Å². The van der Waals surface area contributed by atoms with Crippen LogP contribution in [-0.4, -0.2) is 37.1 Å². The number of anilines is 1. The number of aliphatic carboxylic acids is 1. The van der Waals surface area contributed by atoms with Gasteiger partial charge in [0.2, 0.25) is 0 Å². The van der Waals surface area contributed by atoms with Gasteiger partial charge in [-0.05, 0) is 32.3 Å². The van der Waals surface area contributed by atoms with Crippen molar-refractivity contribution in [2.24, 2.45) is 5.41 Å². The van der Waals surface area contributed by atoms with Crippen LogP contribution in [0.5, 0.6) is 0 Å². The van der Waals surface area contributed by atoms with E-state index in [1.807, 2.05) is 0 Å². The Balaban J connectivity index is 1.64. The molecule has 2 atom stereocenters. The number of rotatable bonds is 4. The number of aromatic amines is 1. The molecule has 0 aliphatic heterocycles. The van der Waals surface area contributed by atoms with Crippen LogP contribution in [0.1, 0.15) is 32.6 Å². The summed E-state index contributed by atoms with van der Waals surface area (Å²) in [5.41, 5.74) is 0.472. The number of nitrogens with one attached hydrogen (secondary N) is 2. The van der Waals surface area contributed by atoms with Crippen molar-refractivity contribution >= 4 is 34.4 Å². The lowest BCUT2D eigenvalue weighted by atomic mass is 9.73. The maximum atomic E-state index is 14.4. The molecule has 3 heterocycles. The minimum Gasteiger partial charge on any atom is -0.481 e. The lowest BCUT2D eigenvalue weighted by Crippen LogP contribution is -2.39. The summed E-state index contributed by atoms with van der Waals surface area (Å²) in [6, 6.07) is 1.57. The summed E-state index contributed by atoms with van der Waals surface area (Å²) >= 11 is 6.04. The Hall–Kier alpha value is -2.74. The van der Waals surface area contributed by atoms with Gasteiger partial charge in [0.1, 0.15) is 5.65 Å². The normalized spacial score (nSPS) is 22.3. The third-order valence-corrected chi connectivity index (χ3v) is 5.52. The Bertz CT molecular complexity index is 1060. The van der Waals surface area contributed by atoms with Gasteiger partial charge < -0.3 is 15.4 Å². The quantitative estimate of drug-likeness (QED) is 0.601. The molecular weight excluding hydrogens is 385 g/mol. The largest absolute Gasteiger partial charge is 0.481 e. The van der Waals surface area contributed by atoms with E-state index in [0.717, 1.165) is 24.4 Å². The fourth-order valence-electron chi connectivity index (χ4n) is 3.76. The van der Waals surface area contributed by atoms with Crippen molar-refractivity contribution < 1.29 is 14.3 Å². The van der Waals surface area contributed by atoms with Crippen molar-refractivity contribution in [3.05, 3.63) is 35.5 Å². The first kappa shape index (κ1) is 18.6. The van der Waals surface area contributed by atoms with E-state index in [1.165, 1.54) is 6.20 Å². The predicted molar refractivity (Wildman–Crippen MR) is 104 cm³/mol. The van der Waals surface area contributed by atoms with E-state index in [4.69, 9.17) is 11.6 Å². The van der Waals surface area contributed by atoms with Crippen molar-refractivity contribution in [2.45, 2.75) is 38.6 Å². The van der Waals surface area contributed by atoms with Crippen LogP contribution in [0.2, 0.25) is 5.02 Å². The van der Waals surface area contributed by atoms with Gasteiger partial charge >= 0.3 is 5.97 Å². The molecule has 1 saturated carbocycles. The Kier molecular flexibility index (Phi) is 4.66. The summed E-state index contributed by atoms with van der Waals surface area (Å²) in [5.74, 6) is -1.02. The predicted octanol–water partition coefficient (Wildman–Crippen LogP) is 4.26. The maximum absolute atomic E-state index is 14.4. The molecule has 146 valence electrons. The second kappa shape index (κ2) is 7.01.